The van der Waals surface area contributed by atoms with Crippen LogP contribution in [0.15, 0.2) is 23.7 Å². The Bertz CT molecular complexity index is 532. The molecule has 0 amide bonds. The molecule has 3 rings (SSSR count). The summed E-state index contributed by atoms with van der Waals surface area (Å²) in [6.07, 6.45) is 6.18. The standard InChI is InChI=1S/C15H20N2S2/c1-11(16-10-13-4-2-3-6-18-13)12-8-15-14(17-9-12)5-7-19-15/h5,7-9,11,13,16H,2-4,6,10H2,1H3. The van der Waals surface area contributed by atoms with Crippen molar-refractivity contribution in [3.63, 3.8) is 0 Å². The lowest BCUT2D eigenvalue weighted by Crippen LogP contribution is -2.29. The van der Waals surface area contributed by atoms with Gasteiger partial charge in [0.1, 0.15) is 0 Å². The minimum absolute atomic E-state index is 0.390. The highest BCUT2D eigenvalue weighted by Gasteiger charge is 2.15. The van der Waals surface area contributed by atoms with Gasteiger partial charge in [0.25, 0.3) is 0 Å². The average Bonchev–Trinajstić information content (AvgIpc) is 2.93. The Morgan fingerprint density at radius 1 is 1.47 bits per heavy atom. The van der Waals surface area contributed by atoms with Crippen LogP contribution < -0.4 is 5.32 Å². The minimum Gasteiger partial charge on any atom is -0.309 e. The summed E-state index contributed by atoms with van der Waals surface area (Å²) < 4.78 is 1.29. The fourth-order valence-corrected chi connectivity index (χ4v) is 4.53. The highest BCUT2D eigenvalue weighted by Crippen LogP contribution is 2.26. The van der Waals surface area contributed by atoms with Crippen LogP contribution in [0.25, 0.3) is 10.2 Å². The normalized spacial score (nSPS) is 21.6. The molecule has 0 bridgehead atoms. The van der Waals surface area contributed by atoms with Crippen LogP contribution in [-0.2, 0) is 0 Å². The summed E-state index contributed by atoms with van der Waals surface area (Å²) in [5, 5.41) is 6.58. The van der Waals surface area contributed by atoms with E-state index in [-0.39, 0.29) is 0 Å². The molecular formula is C15H20N2S2. The van der Waals surface area contributed by atoms with Crippen molar-refractivity contribution in [2.45, 2.75) is 37.5 Å². The fourth-order valence-electron chi connectivity index (χ4n) is 2.49. The van der Waals surface area contributed by atoms with Gasteiger partial charge in [-0.3, -0.25) is 4.98 Å². The molecule has 4 heteroatoms. The van der Waals surface area contributed by atoms with Gasteiger partial charge in [-0.2, -0.15) is 11.8 Å². The molecule has 1 fully saturated rings. The maximum absolute atomic E-state index is 4.52. The molecule has 1 N–H and O–H groups in total. The van der Waals surface area contributed by atoms with Crippen molar-refractivity contribution in [2.75, 3.05) is 12.3 Å². The average molecular weight is 292 g/mol. The molecule has 2 aromatic heterocycles. The molecule has 1 aliphatic heterocycles. The van der Waals surface area contributed by atoms with Crippen LogP contribution >= 0.6 is 23.1 Å². The number of pyridine rings is 1. The summed E-state index contributed by atoms with van der Waals surface area (Å²) in [5.74, 6) is 1.34. The molecule has 102 valence electrons. The fraction of sp³-hybridized carbons (Fsp3) is 0.533. The van der Waals surface area contributed by atoms with Gasteiger partial charge in [0.2, 0.25) is 0 Å². The molecule has 3 heterocycles. The van der Waals surface area contributed by atoms with E-state index in [0.29, 0.717) is 6.04 Å². The first-order valence-corrected chi connectivity index (χ1v) is 8.94. The smallest absolute Gasteiger partial charge is 0.0809 e. The predicted octanol–water partition coefficient (Wildman–Crippen LogP) is 4.23. The maximum atomic E-state index is 4.52. The van der Waals surface area contributed by atoms with Crippen LogP contribution in [-0.4, -0.2) is 22.5 Å². The molecule has 2 nitrogen and oxygen atoms in total. The first-order valence-electron chi connectivity index (χ1n) is 7.01. The Morgan fingerprint density at radius 2 is 2.42 bits per heavy atom. The Morgan fingerprint density at radius 3 is 3.26 bits per heavy atom. The van der Waals surface area contributed by atoms with Gasteiger partial charge in [0, 0.05) is 24.0 Å². The molecular weight excluding hydrogens is 272 g/mol. The molecule has 1 aliphatic rings. The van der Waals surface area contributed by atoms with E-state index in [4.69, 9.17) is 0 Å². The van der Waals surface area contributed by atoms with Gasteiger partial charge in [-0.1, -0.05) is 6.42 Å². The lowest BCUT2D eigenvalue weighted by Gasteiger charge is -2.23. The van der Waals surface area contributed by atoms with Crippen LogP contribution in [0.3, 0.4) is 0 Å². The van der Waals surface area contributed by atoms with Crippen molar-refractivity contribution in [2.24, 2.45) is 0 Å². The highest BCUT2D eigenvalue weighted by atomic mass is 32.2. The van der Waals surface area contributed by atoms with Gasteiger partial charge >= 0.3 is 0 Å². The third-order valence-corrected chi connectivity index (χ3v) is 6.00. The largest absolute Gasteiger partial charge is 0.309 e. The van der Waals surface area contributed by atoms with Crippen molar-refractivity contribution < 1.29 is 0 Å². The van der Waals surface area contributed by atoms with Gasteiger partial charge in [-0.05, 0) is 48.6 Å². The quantitative estimate of drug-likeness (QED) is 0.912. The number of aromatic nitrogens is 1. The molecule has 0 aromatic carbocycles. The van der Waals surface area contributed by atoms with Crippen molar-refractivity contribution in [1.29, 1.82) is 0 Å². The zero-order valence-electron chi connectivity index (χ0n) is 11.3. The third kappa shape index (κ3) is 3.30. The Kier molecular flexibility index (Phi) is 4.41. The molecule has 2 atom stereocenters. The third-order valence-electron chi connectivity index (χ3n) is 3.75. The van der Waals surface area contributed by atoms with Gasteiger partial charge in [-0.15, -0.1) is 11.3 Å². The minimum atomic E-state index is 0.390. The SMILES string of the molecule is CC(NCC1CCCCS1)c1cnc2ccsc2c1. The predicted molar refractivity (Wildman–Crippen MR) is 86.1 cm³/mol. The summed E-state index contributed by atoms with van der Waals surface area (Å²) in [7, 11) is 0. The van der Waals surface area contributed by atoms with Crippen LogP contribution in [0.2, 0.25) is 0 Å². The molecule has 0 aliphatic carbocycles. The second-order valence-corrected chi connectivity index (χ2v) is 7.55. The molecule has 0 spiro atoms. The highest BCUT2D eigenvalue weighted by molar-refractivity contribution is 7.99. The molecule has 0 radical (unpaired) electrons. The second-order valence-electron chi connectivity index (χ2n) is 5.19. The van der Waals surface area contributed by atoms with Crippen LogP contribution in [0.1, 0.15) is 37.8 Å². The van der Waals surface area contributed by atoms with E-state index >= 15 is 0 Å². The Labute approximate surface area is 123 Å². The van der Waals surface area contributed by atoms with Gasteiger partial charge < -0.3 is 5.32 Å². The second kappa shape index (κ2) is 6.25. The lowest BCUT2D eigenvalue weighted by molar-refractivity contribution is 0.538. The van der Waals surface area contributed by atoms with Gasteiger partial charge in [-0.25, -0.2) is 0 Å². The van der Waals surface area contributed by atoms with E-state index < -0.39 is 0 Å². The number of hydrogen-bond acceptors (Lipinski definition) is 4. The Hall–Kier alpha value is -0.580. The number of thioether (sulfide) groups is 1. The zero-order valence-corrected chi connectivity index (χ0v) is 12.9. The van der Waals surface area contributed by atoms with E-state index in [0.717, 1.165) is 17.3 Å². The monoisotopic (exact) mass is 292 g/mol. The van der Waals surface area contributed by atoms with Crippen LogP contribution in [0, 0.1) is 0 Å². The number of thiophene rings is 1. The van der Waals surface area contributed by atoms with Crippen LogP contribution in [0.5, 0.6) is 0 Å². The molecule has 2 unspecified atom stereocenters. The van der Waals surface area contributed by atoms with E-state index in [2.05, 4.69) is 46.5 Å². The maximum Gasteiger partial charge on any atom is 0.0809 e. The van der Waals surface area contributed by atoms with Crippen molar-refractivity contribution in [3.05, 3.63) is 29.3 Å². The molecule has 19 heavy (non-hydrogen) atoms. The van der Waals surface area contributed by atoms with Crippen molar-refractivity contribution in [1.82, 2.24) is 10.3 Å². The summed E-state index contributed by atoms with van der Waals surface area (Å²) >= 11 is 3.90. The summed E-state index contributed by atoms with van der Waals surface area (Å²) in [4.78, 5) is 4.52. The number of hydrogen-bond donors (Lipinski definition) is 1. The number of rotatable bonds is 4. The molecule has 0 saturated carbocycles. The number of nitrogens with zero attached hydrogens (tertiary/aromatic N) is 1. The van der Waals surface area contributed by atoms with E-state index in [1.165, 1.54) is 35.3 Å². The molecule has 2 aromatic rings. The summed E-state index contributed by atoms with van der Waals surface area (Å²) in [6, 6.07) is 4.75. The van der Waals surface area contributed by atoms with Gasteiger partial charge in [0.05, 0.1) is 10.2 Å². The first kappa shape index (κ1) is 13.4. The topological polar surface area (TPSA) is 24.9 Å². The van der Waals surface area contributed by atoms with Crippen molar-refractivity contribution in [3.8, 4) is 0 Å². The lowest BCUT2D eigenvalue weighted by atomic mass is 10.1. The first-order chi connectivity index (χ1) is 9.33. The van der Waals surface area contributed by atoms with E-state index in [1.54, 1.807) is 11.3 Å². The Balaban J connectivity index is 1.60. The number of nitrogens with one attached hydrogen (secondary N) is 1. The van der Waals surface area contributed by atoms with E-state index in [1.807, 2.05) is 6.20 Å². The zero-order chi connectivity index (χ0) is 13.1. The van der Waals surface area contributed by atoms with E-state index in [9.17, 15) is 0 Å². The molecule has 1 saturated heterocycles. The van der Waals surface area contributed by atoms with Crippen molar-refractivity contribution >= 4 is 33.3 Å². The van der Waals surface area contributed by atoms with Gasteiger partial charge in [0.15, 0.2) is 0 Å². The van der Waals surface area contributed by atoms with Crippen LogP contribution in [0.4, 0.5) is 0 Å². The summed E-state index contributed by atoms with van der Waals surface area (Å²) in [5.41, 5.74) is 2.42. The number of fused-ring (bicyclic) bond motifs is 1. The summed E-state index contributed by atoms with van der Waals surface area (Å²) in [6.45, 7) is 3.36.